The summed E-state index contributed by atoms with van der Waals surface area (Å²) in [6.45, 7) is 3.98. The number of benzene rings is 3. The first-order chi connectivity index (χ1) is 19.9. The molecule has 3 aromatic rings. The van der Waals surface area contributed by atoms with Crippen molar-refractivity contribution >= 4 is 17.9 Å². The van der Waals surface area contributed by atoms with E-state index in [4.69, 9.17) is 28.4 Å². The molecule has 0 unspecified atom stereocenters. The van der Waals surface area contributed by atoms with Crippen molar-refractivity contribution in [3.63, 3.8) is 0 Å². The number of ether oxygens (including phenoxy) is 6. The van der Waals surface area contributed by atoms with Gasteiger partial charge in [0.1, 0.15) is 5.75 Å². The zero-order chi connectivity index (χ0) is 29.2. The summed E-state index contributed by atoms with van der Waals surface area (Å²) in [7, 11) is 2.88. The number of esters is 3. The van der Waals surface area contributed by atoms with Crippen molar-refractivity contribution in [2.45, 2.75) is 31.6 Å². The SMILES string of the molecule is C=CC(=O)OCCCCOc1ccc(C(=O)Oc2ccc(C(=O)Oc3ccc(C4CC4)cc3)cc2OC)cc1OC. The van der Waals surface area contributed by atoms with Gasteiger partial charge in [0, 0.05) is 6.08 Å². The summed E-state index contributed by atoms with van der Waals surface area (Å²) in [5.41, 5.74) is 1.72. The van der Waals surface area contributed by atoms with Gasteiger partial charge in [-0.3, -0.25) is 0 Å². The lowest BCUT2D eigenvalue weighted by Gasteiger charge is -2.13. The largest absolute Gasteiger partial charge is 0.493 e. The first-order valence-electron chi connectivity index (χ1n) is 13.2. The molecule has 0 atom stereocenters. The fraction of sp³-hybridized carbons (Fsp3) is 0.281. The highest BCUT2D eigenvalue weighted by Gasteiger charge is 2.23. The van der Waals surface area contributed by atoms with E-state index in [9.17, 15) is 14.4 Å². The molecule has 214 valence electrons. The fourth-order valence-corrected chi connectivity index (χ4v) is 3.96. The molecular weight excluding hydrogens is 528 g/mol. The van der Waals surface area contributed by atoms with Gasteiger partial charge >= 0.3 is 17.9 Å². The van der Waals surface area contributed by atoms with Crippen molar-refractivity contribution in [3.8, 4) is 28.7 Å². The number of methoxy groups -OCH3 is 2. The lowest BCUT2D eigenvalue weighted by molar-refractivity contribution is -0.137. The summed E-state index contributed by atoms with van der Waals surface area (Å²) in [5, 5.41) is 0. The van der Waals surface area contributed by atoms with E-state index < -0.39 is 17.9 Å². The van der Waals surface area contributed by atoms with Crippen LogP contribution in [0.2, 0.25) is 0 Å². The van der Waals surface area contributed by atoms with Crippen LogP contribution in [0, 0.1) is 0 Å². The van der Waals surface area contributed by atoms with E-state index in [1.54, 1.807) is 24.3 Å². The molecule has 0 saturated heterocycles. The number of hydrogen-bond acceptors (Lipinski definition) is 9. The van der Waals surface area contributed by atoms with E-state index in [1.165, 1.54) is 56.9 Å². The number of rotatable bonds is 14. The molecule has 1 aliphatic carbocycles. The summed E-state index contributed by atoms with van der Waals surface area (Å²) in [6.07, 6.45) is 4.78. The van der Waals surface area contributed by atoms with Crippen LogP contribution in [-0.4, -0.2) is 45.3 Å². The van der Waals surface area contributed by atoms with Crippen molar-refractivity contribution in [1.82, 2.24) is 0 Å². The molecule has 0 aliphatic heterocycles. The maximum Gasteiger partial charge on any atom is 0.343 e. The third kappa shape index (κ3) is 8.11. The standard InChI is InChI=1S/C32H32O9/c1-4-30(33)39-18-6-5-17-38-26-15-11-24(19-28(26)36-2)32(35)41-27-16-12-23(20-29(27)37-3)31(34)40-25-13-9-22(10-14-25)21-7-8-21/h4,9-16,19-21H,1,5-8,17-18H2,2-3H3. The maximum absolute atomic E-state index is 12.9. The molecule has 41 heavy (non-hydrogen) atoms. The Bertz CT molecular complexity index is 1390. The van der Waals surface area contributed by atoms with Crippen LogP contribution < -0.4 is 23.7 Å². The molecule has 1 aliphatic rings. The quantitative estimate of drug-likeness (QED) is 0.103. The van der Waals surface area contributed by atoms with E-state index in [0.29, 0.717) is 42.6 Å². The van der Waals surface area contributed by atoms with Gasteiger partial charge in [0.05, 0.1) is 38.6 Å². The van der Waals surface area contributed by atoms with Gasteiger partial charge in [-0.1, -0.05) is 18.7 Å². The van der Waals surface area contributed by atoms with Crippen LogP contribution >= 0.6 is 0 Å². The van der Waals surface area contributed by atoms with E-state index in [1.807, 2.05) is 12.1 Å². The highest BCUT2D eigenvalue weighted by Crippen LogP contribution is 2.40. The Labute approximate surface area is 238 Å². The lowest BCUT2D eigenvalue weighted by atomic mass is 10.1. The van der Waals surface area contributed by atoms with Crippen LogP contribution in [0.3, 0.4) is 0 Å². The Morgan fingerprint density at radius 2 is 1.34 bits per heavy atom. The Balaban J connectivity index is 1.34. The van der Waals surface area contributed by atoms with Crippen LogP contribution in [-0.2, 0) is 9.53 Å². The minimum absolute atomic E-state index is 0.138. The summed E-state index contributed by atoms with van der Waals surface area (Å²) >= 11 is 0. The van der Waals surface area contributed by atoms with Crippen LogP contribution in [0.5, 0.6) is 28.7 Å². The maximum atomic E-state index is 12.9. The highest BCUT2D eigenvalue weighted by molar-refractivity contribution is 5.94. The number of carbonyl (C=O) groups excluding carboxylic acids is 3. The normalized spacial score (nSPS) is 12.1. The fourth-order valence-electron chi connectivity index (χ4n) is 3.96. The van der Waals surface area contributed by atoms with Crippen molar-refractivity contribution in [2.75, 3.05) is 27.4 Å². The molecule has 9 heteroatoms. The molecule has 0 radical (unpaired) electrons. The molecule has 1 fully saturated rings. The third-order valence-electron chi connectivity index (χ3n) is 6.35. The Morgan fingerprint density at radius 1 is 0.756 bits per heavy atom. The molecule has 4 rings (SSSR count). The smallest absolute Gasteiger partial charge is 0.343 e. The van der Waals surface area contributed by atoms with E-state index in [2.05, 4.69) is 6.58 Å². The Hall–Kier alpha value is -4.79. The predicted molar refractivity (Wildman–Crippen MR) is 150 cm³/mol. The number of hydrogen-bond donors (Lipinski definition) is 0. The van der Waals surface area contributed by atoms with Crippen molar-refractivity contribution in [3.05, 3.63) is 90.0 Å². The van der Waals surface area contributed by atoms with Gasteiger partial charge < -0.3 is 28.4 Å². The number of carbonyl (C=O) groups is 3. The molecular formula is C32H32O9. The third-order valence-corrected chi connectivity index (χ3v) is 6.35. The van der Waals surface area contributed by atoms with Crippen LogP contribution in [0.1, 0.15) is 57.9 Å². The summed E-state index contributed by atoms with van der Waals surface area (Å²) < 4.78 is 32.5. The van der Waals surface area contributed by atoms with Gasteiger partial charge in [0.2, 0.25) is 0 Å². The van der Waals surface area contributed by atoms with Crippen molar-refractivity contribution in [1.29, 1.82) is 0 Å². The van der Waals surface area contributed by atoms with E-state index in [0.717, 1.165) is 6.08 Å². The zero-order valence-corrected chi connectivity index (χ0v) is 23.1. The lowest BCUT2D eigenvalue weighted by Crippen LogP contribution is -2.12. The molecule has 3 aromatic carbocycles. The van der Waals surface area contributed by atoms with Gasteiger partial charge in [-0.2, -0.15) is 0 Å². The molecule has 0 N–H and O–H groups in total. The Kier molecular flexibility index (Phi) is 9.99. The molecule has 0 amide bonds. The summed E-state index contributed by atoms with van der Waals surface area (Å²) in [4.78, 5) is 36.7. The highest BCUT2D eigenvalue weighted by atomic mass is 16.6. The zero-order valence-electron chi connectivity index (χ0n) is 23.1. The minimum atomic E-state index is -0.650. The summed E-state index contributed by atoms with van der Waals surface area (Å²) in [5.74, 6) is 0.538. The average Bonchev–Trinajstić information content (AvgIpc) is 3.85. The minimum Gasteiger partial charge on any atom is -0.493 e. The molecule has 1 saturated carbocycles. The first-order valence-corrected chi connectivity index (χ1v) is 13.2. The average molecular weight is 561 g/mol. The molecule has 0 spiro atoms. The van der Waals surface area contributed by atoms with Crippen LogP contribution in [0.25, 0.3) is 0 Å². The van der Waals surface area contributed by atoms with Gasteiger partial charge in [0.15, 0.2) is 23.0 Å². The second-order valence-electron chi connectivity index (χ2n) is 9.28. The number of unbranched alkanes of at least 4 members (excludes halogenated alkanes) is 1. The van der Waals surface area contributed by atoms with Crippen LogP contribution in [0.15, 0.2) is 73.3 Å². The van der Waals surface area contributed by atoms with Crippen LogP contribution in [0.4, 0.5) is 0 Å². The van der Waals surface area contributed by atoms with E-state index >= 15 is 0 Å². The molecule has 9 nitrogen and oxygen atoms in total. The predicted octanol–water partition coefficient (Wildman–Crippen LogP) is 5.91. The summed E-state index contributed by atoms with van der Waals surface area (Å²) in [6, 6.07) is 16.6. The first kappa shape index (κ1) is 29.2. The van der Waals surface area contributed by atoms with Crippen molar-refractivity contribution in [2.24, 2.45) is 0 Å². The molecule has 0 heterocycles. The van der Waals surface area contributed by atoms with Crippen molar-refractivity contribution < 1.29 is 42.8 Å². The topological polar surface area (TPSA) is 107 Å². The van der Waals surface area contributed by atoms with Gasteiger partial charge in [0.25, 0.3) is 0 Å². The molecule has 0 bridgehead atoms. The Morgan fingerprint density at radius 3 is 1.95 bits per heavy atom. The monoisotopic (exact) mass is 560 g/mol. The molecule has 0 aromatic heterocycles. The second-order valence-corrected chi connectivity index (χ2v) is 9.28. The van der Waals surface area contributed by atoms with Gasteiger partial charge in [-0.05, 0) is 85.7 Å². The van der Waals surface area contributed by atoms with Gasteiger partial charge in [-0.15, -0.1) is 0 Å². The second kappa shape index (κ2) is 14.0. The van der Waals surface area contributed by atoms with E-state index in [-0.39, 0.29) is 29.2 Å². The van der Waals surface area contributed by atoms with Gasteiger partial charge in [-0.25, -0.2) is 14.4 Å².